The van der Waals surface area contributed by atoms with Crippen molar-refractivity contribution in [1.82, 2.24) is 4.98 Å². The predicted molar refractivity (Wildman–Crippen MR) is 113 cm³/mol. The van der Waals surface area contributed by atoms with E-state index in [2.05, 4.69) is 39.9 Å². The summed E-state index contributed by atoms with van der Waals surface area (Å²) in [4.78, 5) is 28.0. The summed E-state index contributed by atoms with van der Waals surface area (Å²) in [5.41, 5.74) is 3.64. The van der Waals surface area contributed by atoms with Crippen molar-refractivity contribution in [3.8, 4) is 11.1 Å². The summed E-state index contributed by atoms with van der Waals surface area (Å²) in [5.74, 6) is 0. The highest BCUT2D eigenvalue weighted by Gasteiger charge is 2.22. The second-order valence-electron chi connectivity index (χ2n) is 6.62. The summed E-state index contributed by atoms with van der Waals surface area (Å²) in [6, 6.07) is 21.7. The maximum Gasteiger partial charge on any atom is 0.253 e. The molecule has 0 saturated heterocycles. The van der Waals surface area contributed by atoms with E-state index in [-0.39, 0.29) is 6.04 Å². The highest BCUT2D eigenvalue weighted by atomic mass is 16.2. The average Bonchev–Trinajstić information content (AvgIpc) is 2.77. The molecule has 0 amide bonds. The molecule has 3 aromatic carbocycles. The monoisotopic (exact) mass is 369 g/mol. The van der Waals surface area contributed by atoms with Gasteiger partial charge < -0.3 is 10.6 Å². The minimum atomic E-state index is -0.508. The van der Waals surface area contributed by atoms with Crippen LogP contribution in [0.5, 0.6) is 0 Å². The summed E-state index contributed by atoms with van der Waals surface area (Å²) in [6.07, 6.45) is 3.25. The van der Waals surface area contributed by atoms with Crippen molar-refractivity contribution < 1.29 is 0 Å². The van der Waals surface area contributed by atoms with Crippen molar-refractivity contribution in [3.63, 3.8) is 0 Å². The lowest BCUT2D eigenvalue weighted by atomic mass is 10.0. The van der Waals surface area contributed by atoms with Gasteiger partial charge in [-0.3, -0.25) is 14.6 Å². The molecule has 0 radical (unpaired) electrons. The van der Waals surface area contributed by atoms with E-state index in [1.54, 1.807) is 24.5 Å². The summed E-state index contributed by atoms with van der Waals surface area (Å²) >= 11 is 0. The van der Waals surface area contributed by atoms with Gasteiger partial charge in [0.1, 0.15) is 11.4 Å². The topological polar surface area (TPSA) is 71.1 Å². The van der Waals surface area contributed by atoms with Crippen LogP contribution in [-0.4, -0.2) is 4.98 Å². The molecule has 0 spiro atoms. The first-order valence-corrected chi connectivity index (χ1v) is 9.06. The van der Waals surface area contributed by atoms with Crippen LogP contribution in [0.25, 0.3) is 11.1 Å². The Bertz CT molecular complexity index is 1150. The van der Waals surface area contributed by atoms with Crippen LogP contribution in [0, 0.1) is 0 Å². The Labute approximate surface area is 162 Å². The zero-order chi connectivity index (χ0) is 19.5. The lowest BCUT2D eigenvalue weighted by Gasteiger charge is -2.20. The zero-order valence-corrected chi connectivity index (χ0v) is 15.3. The Balaban J connectivity index is 1.51. The minimum Gasteiger partial charge on any atom is -0.373 e. The number of nitrogens with zero attached hydrogens (tertiary/aromatic N) is 1. The van der Waals surface area contributed by atoms with Crippen molar-refractivity contribution in [1.29, 1.82) is 0 Å². The summed E-state index contributed by atoms with van der Waals surface area (Å²) in [5, 5.41) is 6.18. The van der Waals surface area contributed by atoms with Crippen molar-refractivity contribution in [2.24, 2.45) is 0 Å². The first kappa shape index (κ1) is 17.7. The van der Waals surface area contributed by atoms with E-state index in [4.69, 9.17) is 0 Å². The van der Waals surface area contributed by atoms with E-state index in [1.165, 1.54) is 0 Å². The van der Waals surface area contributed by atoms with Crippen LogP contribution < -0.4 is 21.5 Å². The second-order valence-corrected chi connectivity index (χ2v) is 6.62. The summed E-state index contributed by atoms with van der Waals surface area (Å²) in [7, 11) is 0. The third kappa shape index (κ3) is 3.42. The number of nitrogens with one attached hydrogen (secondary N) is 2. The predicted octanol–water partition coefficient (Wildman–Crippen LogP) is 4.26. The number of anilines is 3. The molecule has 5 heteroatoms. The molecule has 1 heterocycles. The van der Waals surface area contributed by atoms with Crippen LogP contribution in [0.4, 0.5) is 17.1 Å². The standard InChI is InChI=1S/C23H19N3O2/c1-15(16-7-9-18(10-8-16)17-5-3-2-4-6-17)25-20-21(23(28)22(20)27)26-19-11-13-24-14-12-19/h2-15,25H,1H3,(H,24,26). The minimum absolute atomic E-state index is 0.119. The lowest BCUT2D eigenvalue weighted by Crippen LogP contribution is -2.37. The number of hydrogen-bond acceptors (Lipinski definition) is 5. The number of pyridine rings is 1. The van der Waals surface area contributed by atoms with Crippen LogP contribution in [0.2, 0.25) is 0 Å². The molecule has 4 rings (SSSR count). The quantitative estimate of drug-likeness (QED) is 0.497. The highest BCUT2D eigenvalue weighted by Crippen LogP contribution is 2.26. The molecular formula is C23H19N3O2. The van der Waals surface area contributed by atoms with Crippen molar-refractivity contribution in [2.75, 3.05) is 10.6 Å². The molecular weight excluding hydrogens is 350 g/mol. The third-order valence-corrected chi connectivity index (χ3v) is 4.74. The lowest BCUT2D eigenvalue weighted by molar-refractivity contribution is 0.880. The van der Waals surface area contributed by atoms with E-state index in [1.807, 2.05) is 37.3 Å². The van der Waals surface area contributed by atoms with Crippen molar-refractivity contribution in [2.45, 2.75) is 13.0 Å². The summed E-state index contributed by atoms with van der Waals surface area (Å²) < 4.78 is 0. The normalized spacial score (nSPS) is 11.9. The molecule has 0 aliphatic heterocycles. The smallest absolute Gasteiger partial charge is 0.253 e. The van der Waals surface area contributed by atoms with Crippen molar-refractivity contribution in [3.05, 3.63) is 105 Å². The molecule has 28 heavy (non-hydrogen) atoms. The SMILES string of the molecule is CC(Nc1c(Nc2ccncc2)c(=O)c1=O)c1ccc(-c2ccccc2)cc1. The fourth-order valence-corrected chi connectivity index (χ4v) is 3.12. The molecule has 0 saturated carbocycles. The zero-order valence-electron chi connectivity index (χ0n) is 15.3. The molecule has 5 nitrogen and oxygen atoms in total. The fourth-order valence-electron chi connectivity index (χ4n) is 3.12. The molecule has 4 aromatic rings. The van der Waals surface area contributed by atoms with Crippen LogP contribution >= 0.6 is 0 Å². The van der Waals surface area contributed by atoms with Gasteiger partial charge in [0.2, 0.25) is 0 Å². The van der Waals surface area contributed by atoms with Crippen molar-refractivity contribution >= 4 is 17.1 Å². The van der Waals surface area contributed by atoms with Crippen LogP contribution in [0.15, 0.2) is 88.7 Å². The molecule has 1 aromatic heterocycles. The number of aromatic nitrogens is 1. The van der Waals surface area contributed by atoms with E-state index < -0.39 is 10.9 Å². The molecule has 0 bridgehead atoms. The van der Waals surface area contributed by atoms with Gasteiger partial charge in [0.05, 0.1) is 0 Å². The molecule has 1 unspecified atom stereocenters. The second kappa shape index (κ2) is 7.48. The van der Waals surface area contributed by atoms with Gasteiger partial charge in [-0.2, -0.15) is 0 Å². The first-order valence-electron chi connectivity index (χ1n) is 9.06. The van der Waals surface area contributed by atoms with E-state index in [9.17, 15) is 9.59 Å². The van der Waals surface area contributed by atoms with Gasteiger partial charge in [-0.15, -0.1) is 0 Å². The van der Waals surface area contributed by atoms with E-state index in [0.717, 1.165) is 16.7 Å². The van der Waals surface area contributed by atoms with Crippen LogP contribution in [-0.2, 0) is 0 Å². The van der Waals surface area contributed by atoms with Crippen LogP contribution in [0.3, 0.4) is 0 Å². The van der Waals surface area contributed by atoms with Gasteiger partial charge in [-0.1, -0.05) is 54.6 Å². The number of rotatable bonds is 6. The van der Waals surface area contributed by atoms with Gasteiger partial charge in [0.25, 0.3) is 10.9 Å². The maximum absolute atomic E-state index is 12.0. The van der Waals surface area contributed by atoms with Crippen LogP contribution in [0.1, 0.15) is 18.5 Å². The Kier molecular flexibility index (Phi) is 4.72. The molecule has 0 aliphatic rings. The number of benzene rings is 2. The Morgan fingerprint density at radius 2 is 1.36 bits per heavy atom. The molecule has 0 aliphatic carbocycles. The Morgan fingerprint density at radius 3 is 2.04 bits per heavy atom. The fraction of sp³-hybridized carbons (Fsp3) is 0.0870. The number of hydrogen-bond donors (Lipinski definition) is 2. The van der Waals surface area contributed by atoms with Gasteiger partial charge in [-0.05, 0) is 35.7 Å². The summed E-state index contributed by atoms with van der Waals surface area (Å²) in [6.45, 7) is 1.96. The van der Waals surface area contributed by atoms with Gasteiger partial charge in [0.15, 0.2) is 0 Å². The average molecular weight is 369 g/mol. The third-order valence-electron chi connectivity index (χ3n) is 4.74. The largest absolute Gasteiger partial charge is 0.373 e. The maximum atomic E-state index is 12.0. The van der Waals surface area contributed by atoms with E-state index in [0.29, 0.717) is 17.1 Å². The van der Waals surface area contributed by atoms with Gasteiger partial charge >= 0.3 is 0 Å². The molecule has 1 atom stereocenters. The molecule has 2 N–H and O–H groups in total. The highest BCUT2D eigenvalue weighted by molar-refractivity contribution is 5.79. The van der Waals surface area contributed by atoms with Gasteiger partial charge in [0, 0.05) is 24.1 Å². The Hall–Kier alpha value is -3.73. The van der Waals surface area contributed by atoms with E-state index >= 15 is 0 Å². The molecule has 0 fully saturated rings. The Morgan fingerprint density at radius 1 is 0.750 bits per heavy atom. The first-order chi connectivity index (χ1) is 13.6. The van der Waals surface area contributed by atoms with Gasteiger partial charge in [-0.25, -0.2) is 0 Å². The molecule has 138 valence electrons.